The molecule has 32 heavy (non-hydrogen) atoms. The molecule has 1 saturated heterocycles. The third-order valence-electron chi connectivity index (χ3n) is 5.56. The van der Waals surface area contributed by atoms with E-state index in [0.29, 0.717) is 29.3 Å². The number of aromatic nitrogens is 1. The van der Waals surface area contributed by atoms with Crippen molar-refractivity contribution in [3.05, 3.63) is 51.8 Å². The molecule has 1 fully saturated rings. The molecule has 3 rings (SSSR count). The van der Waals surface area contributed by atoms with Crippen molar-refractivity contribution in [3.63, 3.8) is 0 Å². The number of carbonyl (C=O) groups excluding carboxylic acids is 2. The van der Waals surface area contributed by atoms with Crippen LogP contribution in [0.2, 0.25) is 5.02 Å². The molecule has 1 unspecified atom stereocenters. The molecule has 2 heterocycles. The van der Waals surface area contributed by atoms with E-state index in [-0.39, 0.29) is 42.6 Å². The van der Waals surface area contributed by atoms with Crippen LogP contribution in [0.4, 0.5) is 0 Å². The number of aromatic amines is 1. The van der Waals surface area contributed by atoms with Gasteiger partial charge in [-0.1, -0.05) is 29.8 Å². The minimum atomic E-state index is -4.01. The number of rotatable bonds is 7. The Balaban J connectivity index is 1.78. The van der Waals surface area contributed by atoms with Gasteiger partial charge in [-0.3, -0.25) is 4.79 Å². The summed E-state index contributed by atoms with van der Waals surface area (Å²) in [5, 5.41) is 3.42. The summed E-state index contributed by atoms with van der Waals surface area (Å²) in [5.74, 6) is -1.40. The van der Waals surface area contributed by atoms with Crippen LogP contribution < -0.4 is 5.32 Å². The van der Waals surface area contributed by atoms with E-state index in [4.69, 9.17) is 16.3 Å². The van der Waals surface area contributed by atoms with Crippen molar-refractivity contribution in [1.82, 2.24) is 14.6 Å². The van der Waals surface area contributed by atoms with Crippen molar-refractivity contribution < 1.29 is 22.7 Å². The van der Waals surface area contributed by atoms with E-state index in [2.05, 4.69) is 10.3 Å². The molecule has 10 heteroatoms. The Labute approximate surface area is 193 Å². The lowest BCUT2D eigenvalue weighted by Gasteiger charge is -2.31. The molecular weight excluding hydrogens is 454 g/mol. The van der Waals surface area contributed by atoms with Crippen LogP contribution in [0.3, 0.4) is 0 Å². The van der Waals surface area contributed by atoms with E-state index in [1.54, 1.807) is 26.8 Å². The predicted molar refractivity (Wildman–Crippen MR) is 121 cm³/mol. The van der Waals surface area contributed by atoms with Gasteiger partial charge in [0.15, 0.2) is 0 Å². The van der Waals surface area contributed by atoms with E-state index >= 15 is 0 Å². The maximum atomic E-state index is 13.5. The van der Waals surface area contributed by atoms with Crippen LogP contribution in [0.5, 0.6) is 0 Å². The SMILES string of the molecule is CCOC(=O)c1c(C)[nH]c(C)c1S(=O)(=O)N1CCCC(C(=O)NCc2ccccc2Cl)C1. The molecule has 0 radical (unpaired) electrons. The van der Waals surface area contributed by atoms with Gasteiger partial charge in [0.1, 0.15) is 10.5 Å². The molecule has 0 bridgehead atoms. The van der Waals surface area contributed by atoms with Gasteiger partial charge in [-0.2, -0.15) is 4.31 Å². The molecule has 1 aromatic heterocycles. The van der Waals surface area contributed by atoms with Gasteiger partial charge in [-0.05, 0) is 45.2 Å². The monoisotopic (exact) mass is 481 g/mol. The molecule has 0 aliphatic carbocycles. The number of carbonyl (C=O) groups is 2. The Hall–Kier alpha value is -2.36. The Morgan fingerprint density at radius 2 is 1.97 bits per heavy atom. The lowest BCUT2D eigenvalue weighted by molar-refractivity contribution is -0.126. The van der Waals surface area contributed by atoms with Crippen molar-refractivity contribution in [3.8, 4) is 0 Å². The first-order valence-corrected chi connectivity index (χ1v) is 12.4. The van der Waals surface area contributed by atoms with Crippen molar-refractivity contribution in [2.75, 3.05) is 19.7 Å². The third kappa shape index (κ3) is 5.00. The number of benzene rings is 1. The lowest BCUT2D eigenvalue weighted by Crippen LogP contribution is -2.45. The van der Waals surface area contributed by atoms with E-state index < -0.39 is 21.9 Å². The summed E-state index contributed by atoms with van der Waals surface area (Å²) in [7, 11) is -4.01. The largest absolute Gasteiger partial charge is 0.462 e. The van der Waals surface area contributed by atoms with Crippen molar-refractivity contribution >= 4 is 33.5 Å². The Kier molecular flexibility index (Phi) is 7.63. The van der Waals surface area contributed by atoms with Crippen molar-refractivity contribution in [1.29, 1.82) is 0 Å². The number of esters is 1. The second-order valence-electron chi connectivity index (χ2n) is 7.81. The first-order chi connectivity index (χ1) is 15.2. The number of amides is 1. The van der Waals surface area contributed by atoms with E-state index in [0.717, 1.165) is 5.56 Å². The van der Waals surface area contributed by atoms with Gasteiger partial charge in [0.2, 0.25) is 15.9 Å². The maximum absolute atomic E-state index is 13.5. The maximum Gasteiger partial charge on any atom is 0.341 e. The van der Waals surface area contributed by atoms with E-state index in [1.165, 1.54) is 4.31 Å². The number of halogens is 1. The topological polar surface area (TPSA) is 109 Å². The molecule has 1 aromatic carbocycles. The van der Waals surface area contributed by atoms with Gasteiger partial charge in [-0.25, -0.2) is 13.2 Å². The summed E-state index contributed by atoms with van der Waals surface area (Å²) in [5.41, 5.74) is 1.62. The zero-order valence-electron chi connectivity index (χ0n) is 18.4. The normalized spacial score (nSPS) is 17.2. The average Bonchev–Trinajstić information content (AvgIpc) is 3.07. The Bertz CT molecular complexity index is 1110. The molecule has 1 amide bonds. The molecule has 2 aromatic rings. The van der Waals surface area contributed by atoms with Crippen LogP contribution in [0, 0.1) is 19.8 Å². The van der Waals surface area contributed by atoms with Crippen LogP contribution in [-0.2, 0) is 26.1 Å². The highest BCUT2D eigenvalue weighted by atomic mass is 35.5. The molecule has 0 saturated carbocycles. The highest BCUT2D eigenvalue weighted by molar-refractivity contribution is 7.89. The van der Waals surface area contributed by atoms with Crippen LogP contribution in [0.1, 0.15) is 47.1 Å². The summed E-state index contributed by atoms with van der Waals surface area (Å²) >= 11 is 6.14. The lowest BCUT2D eigenvalue weighted by atomic mass is 9.99. The molecule has 2 N–H and O–H groups in total. The highest BCUT2D eigenvalue weighted by Gasteiger charge is 2.38. The van der Waals surface area contributed by atoms with Gasteiger partial charge in [0.05, 0.1) is 12.5 Å². The van der Waals surface area contributed by atoms with Crippen LogP contribution in [0.25, 0.3) is 0 Å². The smallest absolute Gasteiger partial charge is 0.341 e. The van der Waals surface area contributed by atoms with E-state index in [9.17, 15) is 18.0 Å². The highest BCUT2D eigenvalue weighted by Crippen LogP contribution is 2.30. The number of nitrogens with one attached hydrogen (secondary N) is 2. The summed E-state index contributed by atoms with van der Waals surface area (Å²) < 4.78 is 33.3. The number of hydrogen-bond acceptors (Lipinski definition) is 5. The fourth-order valence-corrected chi connectivity index (χ4v) is 6.14. The van der Waals surface area contributed by atoms with Crippen LogP contribution in [0.15, 0.2) is 29.2 Å². The molecule has 8 nitrogen and oxygen atoms in total. The average molecular weight is 482 g/mol. The van der Waals surface area contributed by atoms with Crippen molar-refractivity contribution in [2.24, 2.45) is 5.92 Å². The Morgan fingerprint density at radius 3 is 2.66 bits per heavy atom. The number of piperidine rings is 1. The summed E-state index contributed by atoms with van der Waals surface area (Å²) in [6, 6.07) is 7.23. The molecule has 0 spiro atoms. The zero-order chi connectivity index (χ0) is 23.5. The van der Waals surface area contributed by atoms with Gasteiger partial charge in [0, 0.05) is 36.0 Å². The number of hydrogen-bond donors (Lipinski definition) is 2. The summed E-state index contributed by atoms with van der Waals surface area (Å²) in [6.07, 6.45) is 1.12. The quantitative estimate of drug-likeness (QED) is 0.590. The zero-order valence-corrected chi connectivity index (χ0v) is 20.0. The summed E-state index contributed by atoms with van der Waals surface area (Å²) in [4.78, 5) is 28.1. The minimum absolute atomic E-state index is 0.0228. The number of sulfonamides is 1. The number of ether oxygens (including phenoxy) is 1. The van der Waals surface area contributed by atoms with E-state index in [1.807, 2.05) is 18.2 Å². The van der Waals surface area contributed by atoms with Crippen LogP contribution >= 0.6 is 11.6 Å². The van der Waals surface area contributed by atoms with Gasteiger partial charge >= 0.3 is 5.97 Å². The fourth-order valence-electron chi connectivity index (χ4n) is 4.00. The fraction of sp³-hybridized carbons (Fsp3) is 0.455. The van der Waals surface area contributed by atoms with Gasteiger partial charge in [0.25, 0.3) is 0 Å². The third-order valence-corrected chi connectivity index (χ3v) is 7.97. The number of H-pyrrole nitrogens is 1. The minimum Gasteiger partial charge on any atom is -0.462 e. The molecule has 1 aliphatic rings. The molecule has 1 atom stereocenters. The standard InChI is InChI=1S/C22H28ClN3O5S/c1-4-31-22(28)19-14(2)25-15(3)20(19)32(29,30)26-11-7-9-17(13-26)21(27)24-12-16-8-5-6-10-18(16)23/h5-6,8,10,17,25H,4,7,9,11-13H2,1-3H3,(H,24,27). The molecule has 1 aliphatic heterocycles. The Morgan fingerprint density at radius 1 is 1.25 bits per heavy atom. The van der Waals surface area contributed by atoms with Crippen LogP contribution in [-0.4, -0.2) is 49.3 Å². The van der Waals surface area contributed by atoms with Gasteiger partial charge < -0.3 is 15.0 Å². The predicted octanol–water partition coefficient (Wildman–Crippen LogP) is 3.18. The number of aryl methyl sites for hydroxylation is 2. The first-order valence-electron chi connectivity index (χ1n) is 10.5. The van der Waals surface area contributed by atoms with Gasteiger partial charge in [-0.15, -0.1) is 0 Å². The van der Waals surface area contributed by atoms with Crippen molar-refractivity contribution in [2.45, 2.75) is 45.1 Å². The second-order valence-corrected chi connectivity index (χ2v) is 10.1. The second kappa shape index (κ2) is 10.1. The molecule has 174 valence electrons. The molecular formula is C22H28ClN3O5S. The first kappa shape index (κ1) is 24.3. The summed E-state index contributed by atoms with van der Waals surface area (Å²) in [6.45, 7) is 5.65. The number of nitrogens with zero attached hydrogens (tertiary/aromatic N) is 1.